The molecule has 2 fully saturated rings. The van der Waals surface area contributed by atoms with Crippen LogP contribution in [0.3, 0.4) is 0 Å². The second kappa shape index (κ2) is 8.23. The van der Waals surface area contributed by atoms with Crippen molar-refractivity contribution >= 4 is 0 Å². The predicted octanol–water partition coefficient (Wildman–Crippen LogP) is 2.51. The summed E-state index contributed by atoms with van der Waals surface area (Å²) < 4.78 is 5.38. The molecule has 19 heavy (non-hydrogen) atoms. The Kier molecular flexibility index (Phi) is 6.62. The van der Waals surface area contributed by atoms with Crippen LogP contribution in [0.2, 0.25) is 0 Å². The minimum atomic E-state index is 0.768. The molecule has 0 bridgehead atoms. The highest BCUT2D eigenvalue weighted by molar-refractivity contribution is 4.77. The van der Waals surface area contributed by atoms with Crippen LogP contribution in [-0.4, -0.2) is 50.3 Å². The van der Waals surface area contributed by atoms with Crippen LogP contribution in [0, 0.1) is 11.8 Å². The van der Waals surface area contributed by atoms with E-state index >= 15 is 0 Å². The van der Waals surface area contributed by atoms with E-state index in [1.807, 2.05) is 0 Å². The topological polar surface area (TPSA) is 24.5 Å². The van der Waals surface area contributed by atoms with Gasteiger partial charge in [-0.15, -0.1) is 0 Å². The first-order chi connectivity index (χ1) is 9.25. The SMILES string of the molecule is CC(C)C1CCCC(NCCN2CCOCC2)CC1. The molecule has 2 unspecified atom stereocenters. The molecule has 2 atom stereocenters. The fourth-order valence-electron chi connectivity index (χ4n) is 3.45. The van der Waals surface area contributed by atoms with Crippen LogP contribution in [0.5, 0.6) is 0 Å². The van der Waals surface area contributed by atoms with E-state index in [0.29, 0.717) is 0 Å². The van der Waals surface area contributed by atoms with Crippen molar-refractivity contribution in [3.63, 3.8) is 0 Å². The largest absolute Gasteiger partial charge is 0.379 e. The Balaban J connectivity index is 1.60. The monoisotopic (exact) mass is 268 g/mol. The molecule has 2 rings (SSSR count). The molecule has 1 saturated carbocycles. The minimum Gasteiger partial charge on any atom is -0.379 e. The first kappa shape index (κ1) is 15.3. The molecular formula is C16H32N2O. The number of rotatable bonds is 5. The standard InChI is InChI=1S/C16H32N2O/c1-14(2)15-4-3-5-16(7-6-15)17-8-9-18-10-12-19-13-11-18/h14-17H,3-13H2,1-2H3. The maximum Gasteiger partial charge on any atom is 0.0594 e. The van der Waals surface area contributed by atoms with Crippen LogP contribution >= 0.6 is 0 Å². The average Bonchev–Trinajstić information content (AvgIpc) is 2.66. The summed E-state index contributed by atoms with van der Waals surface area (Å²) in [6.07, 6.45) is 7.04. The third kappa shape index (κ3) is 5.41. The molecule has 0 aromatic heterocycles. The highest BCUT2D eigenvalue weighted by Gasteiger charge is 2.20. The fraction of sp³-hybridized carbons (Fsp3) is 1.00. The van der Waals surface area contributed by atoms with Crippen molar-refractivity contribution in [2.24, 2.45) is 11.8 Å². The third-order valence-electron chi connectivity index (χ3n) is 4.92. The van der Waals surface area contributed by atoms with E-state index in [0.717, 1.165) is 50.7 Å². The van der Waals surface area contributed by atoms with Gasteiger partial charge < -0.3 is 10.1 Å². The van der Waals surface area contributed by atoms with Crippen molar-refractivity contribution in [1.29, 1.82) is 0 Å². The van der Waals surface area contributed by atoms with Gasteiger partial charge in [-0.05, 0) is 31.1 Å². The summed E-state index contributed by atoms with van der Waals surface area (Å²) >= 11 is 0. The summed E-state index contributed by atoms with van der Waals surface area (Å²) in [4.78, 5) is 2.52. The molecule has 1 N–H and O–H groups in total. The van der Waals surface area contributed by atoms with Gasteiger partial charge in [0.25, 0.3) is 0 Å². The maximum atomic E-state index is 5.38. The second-order valence-electron chi connectivity index (χ2n) is 6.62. The highest BCUT2D eigenvalue weighted by atomic mass is 16.5. The second-order valence-corrected chi connectivity index (χ2v) is 6.62. The van der Waals surface area contributed by atoms with Crippen molar-refractivity contribution in [2.75, 3.05) is 39.4 Å². The number of morpholine rings is 1. The summed E-state index contributed by atoms with van der Waals surface area (Å²) in [5.41, 5.74) is 0. The lowest BCUT2D eigenvalue weighted by atomic mass is 9.89. The molecule has 1 aliphatic heterocycles. The van der Waals surface area contributed by atoms with Crippen LogP contribution in [0.1, 0.15) is 46.0 Å². The molecule has 0 aromatic rings. The molecule has 3 nitrogen and oxygen atoms in total. The number of nitrogens with one attached hydrogen (secondary N) is 1. The zero-order valence-electron chi connectivity index (χ0n) is 12.9. The van der Waals surface area contributed by atoms with Gasteiger partial charge in [-0.2, -0.15) is 0 Å². The van der Waals surface area contributed by atoms with E-state index in [2.05, 4.69) is 24.1 Å². The Hall–Kier alpha value is -0.120. The van der Waals surface area contributed by atoms with E-state index in [9.17, 15) is 0 Å². The third-order valence-corrected chi connectivity index (χ3v) is 4.92. The summed E-state index contributed by atoms with van der Waals surface area (Å²) in [5.74, 6) is 1.83. The quantitative estimate of drug-likeness (QED) is 0.775. The molecule has 1 aliphatic carbocycles. The first-order valence-electron chi connectivity index (χ1n) is 8.29. The highest BCUT2D eigenvalue weighted by Crippen LogP contribution is 2.28. The lowest BCUT2D eigenvalue weighted by molar-refractivity contribution is 0.0380. The average molecular weight is 268 g/mol. The summed E-state index contributed by atoms with van der Waals surface area (Å²) in [6, 6.07) is 0.768. The first-order valence-corrected chi connectivity index (χ1v) is 8.29. The Morgan fingerprint density at radius 3 is 2.63 bits per heavy atom. The van der Waals surface area contributed by atoms with E-state index < -0.39 is 0 Å². The number of nitrogens with zero attached hydrogens (tertiary/aromatic N) is 1. The van der Waals surface area contributed by atoms with Crippen LogP contribution in [0.25, 0.3) is 0 Å². The van der Waals surface area contributed by atoms with Crippen molar-refractivity contribution in [1.82, 2.24) is 10.2 Å². The van der Waals surface area contributed by atoms with Crippen molar-refractivity contribution in [3.05, 3.63) is 0 Å². The van der Waals surface area contributed by atoms with Crippen LogP contribution in [-0.2, 0) is 4.74 Å². The normalized spacial score (nSPS) is 30.5. The van der Waals surface area contributed by atoms with Crippen molar-refractivity contribution < 1.29 is 4.74 Å². The van der Waals surface area contributed by atoms with Gasteiger partial charge in [0, 0.05) is 32.2 Å². The smallest absolute Gasteiger partial charge is 0.0594 e. The molecule has 3 heteroatoms. The van der Waals surface area contributed by atoms with Gasteiger partial charge in [0.15, 0.2) is 0 Å². The van der Waals surface area contributed by atoms with Gasteiger partial charge in [-0.25, -0.2) is 0 Å². The van der Waals surface area contributed by atoms with Gasteiger partial charge in [0.05, 0.1) is 13.2 Å². The van der Waals surface area contributed by atoms with Gasteiger partial charge in [-0.1, -0.05) is 26.7 Å². The molecule has 112 valence electrons. The summed E-state index contributed by atoms with van der Waals surface area (Å²) in [7, 11) is 0. The number of ether oxygens (including phenoxy) is 1. The fourth-order valence-corrected chi connectivity index (χ4v) is 3.45. The van der Waals surface area contributed by atoms with Crippen LogP contribution in [0.15, 0.2) is 0 Å². The van der Waals surface area contributed by atoms with Gasteiger partial charge in [0.1, 0.15) is 0 Å². The Bertz CT molecular complexity index is 239. The lowest BCUT2D eigenvalue weighted by Gasteiger charge is -2.27. The summed E-state index contributed by atoms with van der Waals surface area (Å²) in [5, 5.41) is 3.79. The van der Waals surface area contributed by atoms with E-state index in [-0.39, 0.29) is 0 Å². The molecule has 0 radical (unpaired) electrons. The Morgan fingerprint density at radius 2 is 1.89 bits per heavy atom. The molecule has 0 spiro atoms. The molecule has 1 heterocycles. The molecule has 0 aromatic carbocycles. The number of hydrogen-bond acceptors (Lipinski definition) is 3. The molecular weight excluding hydrogens is 236 g/mol. The van der Waals surface area contributed by atoms with Gasteiger partial charge >= 0.3 is 0 Å². The number of hydrogen-bond donors (Lipinski definition) is 1. The Labute approximate surface area is 119 Å². The van der Waals surface area contributed by atoms with Crippen molar-refractivity contribution in [2.45, 2.75) is 52.0 Å². The predicted molar refractivity (Wildman–Crippen MR) is 80.5 cm³/mol. The van der Waals surface area contributed by atoms with Crippen molar-refractivity contribution in [3.8, 4) is 0 Å². The zero-order valence-corrected chi connectivity index (χ0v) is 12.9. The van der Waals surface area contributed by atoms with E-state index in [4.69, 9.17) is 4.74 Å². The molecule has 2 aliphatic rings. The summed E-state index contributed by atoms with van der Waals surface area (Å²) in [6.45, 7) is 11.2. The van der Waals surface area contributed by atoms with E-state index in [1.54, 1.807) is 0 Å². The maximum absolute atomic E-state index is 5.38. The van der Waals surface area contributed by atoms with E-state index in [1.165, 1.54) is 38.6 Å². The zero-order chi connectivity index (χ0) is 13.5. The van der Waals surface area contributed by atoms with Crippen LogP contribution < -0.4 is 5.32 Å². The van der Waals surface area contributed by atoms with Gasteiger partial charge in [0.2, 0.25) is 0 Å². The molecule has 0 amide bonds. The van der Waals surface area contributed by atoms with Gasteiger partial charge in [-0.3, -0.25) is 4.90 Å². The molecule has 1 saturated heterocycles. The lowest BCUT2D eigenvalue weighted by Crippen LogP contribution is -2.42. The minimum absolute atomic E-state index is 0.768. The Morgan fingerprint density at radius 1 is 1.11 bits per heavy atom. The van der Waals surface area contributed by atoms with Crippen LogP contribution in [0.4, 0.5) is 0 Å².